The molecule has 6 rings (SSSR count). The number of aldehydes is 1. The van der Waals surface area contributed by atoms with E-state index in [1.807, 2.05) is 12.4 Å². The summed E-state index contributed by atoms with van der Waals surface area (Å²) in [7, 11) is 0. The fraction of sp³-hybridized carbons (Fsp3) is 0.244. The van der Waals surface area contributed by atoms with Gasteiger partial charge in [0.05, 0.1) is 12.1 Å². The van der Waals surface area contributed by atoms with E-state index in [2.05, 4.69) is 164 Å². The van der Waals surface area contributed by atoms with Crippen LogP contribution in [0.25, 0.3) is 0 Å². The smallest absolute Gasteiger partial charge is 0.219 e. The van der Waals surface area contributed by atoms with Gasteiger partial charge in [0, 0.05) is 30.2 Å². The molecule has 0 spiro atoms. The van der Waals surface area contributed by atoms with Crippen molar-refractivity contribution in [3.05, 3.63) is 167 Å². The molecule has 1 fully saturated rings. The van der Waals surface area contributed by atoms with E-state index < -0.39 is 22.8 Å². The molecule has 2 heterocycles. The molecule has 0 radical (unpaired) electrons. The Hall–Kier alpha value is -4.87. The highest BCUT2D eigenvalue weighted by atomic mass is 16.2. The topological polar surface area (TPSA) is 53.5 Å². The number of rotatable bonds is 10. The van der Waals surface area contributed by atoms with E-state index in [1.54, 1.807) is 0 Å². The zero-order valence-electron chi connectivity index (χ0n) is 27.0. The molecule has 0 bridgehead atoms. The number of ketones is 1. The molecule has 1 aliphatic rings. The van der Waals surface area contributed by atoms with Gasteiger partial charge in [0.15, 0.2) is 6.29 Å². The van der Waals surface area contributed by atoms with Crippen molar-refractivity contribution in [1.82, 2.24) is 9.88 Å². The van der Waals surface area contributed by atoms with E-state index >= 15 is 0 Å². The number of benzene rings is 4. The van der Waals surface area contributed by atoms with Crippen LogP contribution < -0.4 is 4.90 Å². The van der Waals surface area contributed by atoms with Gasteiger partial charge in [-0.2, -0.15) is 0 Å². The number of hydrogen-bond acceptors (Lipinski definition) is 5. The lowest BCUT2D eigenvalue weighted by molar-refractivity contribution is -0.131. The summed E-state index contributed by atoms with van der Waals surface area (Å²) in [6.07, 6.45) is 4.24. The zero-order chi connectivity index (χ0) is 32.3. The minimum absolute atomic E-state index is 0.324. The van der Waals surface area contributed by atoms with Gasteiger partial charge in [0.25, 0.3) is 0 Å². The highest BCUT2D eigenvalue weighted by molar-refractivity contribution is 6.28. The van der Waals surface area contributed by atoms with Crippen molar-refractivity contribution in [3.8, 4) is 0 Å². The summed E-state index contributed by atoms with van der Waals surface area (Å²) < 4.78 is 0. The first-order valence-electron chi connectivity index (χ1n) is 16.0. The third kappa shape index (κ3) is 5.45. The molecule has 4 aromatic carbocycles. The Morgan fingerprint density at radius 3 is 1.78 bits per heavy atom. The van der Waals surface area contributed by atoms with Crippen LogP contribution in [0, 0.1) is 0 Å². The van der Waals surface area contributed by atoms with Gasteiger partial charge in [-0.05, 0) is 71.3 Å². The largest absolute Gasteiger partial charge is 0.346 e. The van der Waals surface area contributed by atoms with Gasteiger partial charge in [0.2, 0.25) is 5.78 Å². The number of carbonyl (C=O) groups is 2. The minimum atomic E-state index is -0.623. The van der Waals surface area contributed by atoms with Crippen LogP contribution >= 0.6 is 0 Å². The van der Waals surface area contributed by atoms with E-state index in [0.29, 0.717) is 25.4 Å². The van der Waals surface area contributed by atoms with E-state index in [0.717, 1.165) is 11.3 Å². The Labute approximate surface area is 272 Å². The second-order valence-corrected chi connectivity index (χ2v) is 13.0. The van der Waals surface area contributed by atoms with Crippen LogP contribution in [0.15, 0.2) is 134 Å². The number of anilines is 1. The molecule has 1 atom stereocenters. The van der Waals surface area contributed by atoms with E-state index in [9.17, 15) is 9.59 Å². The van der Waals surface area contributed by atoms with Crippen molar-refractivity contribution in [2.75, 3.05) is 11.6 Å². The molecule has 1 aliphatic heterocycles. The number of Topliss-reactive ketones (excluding diaryl/α,β-unsaturated/α-hetero) is 1. The second kappa shape index (κ2) is 12.9. The summed E-state index contributed by atoms with van der Waals surface area (Å²) >= 11 is 0. The van der Waals surface area contributed by atoms with Gasteiger partial charge in [-0.1, -0.05) is 117 Å². The molecule has 5 nitrogen and oxygen atoms in total. The zero-order valence-corrected chi connectivity index (χ0v) is 27.0. The molecule has 0 amide bonds. The van der Waals surface area contributed by atoms with E-state index in [-0.39, 0.29) is 0 Å². The van der Waals surface area contributed by atoms with E-state index in [1.165, 1.54) is 27.8 Å². The Morgan fingerprint density at radius 2 is 1.30 bits per heavy atom. The molecular weight excluding hydrogens is 566 g/mol. The quantitative estimate of drug-likeness (QED) is 0.0922. The van der Waals surface area contributed by atoms with Crippen LogP contribution in [0.4, 0.5) is 5.69 Å². The molecule has 5 heteroatoms. The summed E-state index contributed by atoms with van der Waals surface area (Å²) in [5.74, 6) is -0.0906. The van der Waals surface area contributed by atoms with Crippen molar-refractivity contribution in [2.24, 2.45) is 0 Å². The Bertz CT molecular complexity index is 1690. The first-order valence-corrected chi connectivity index (χ1v) is 16.0. The molecule has 1 aromatic heterocycles. The minimum Gasteiger partial charge on any atom is -0.346 e. The fourth-order valence-electron chi connectivity index (χ4n) is 7.33. The molecule has 5 aromatic rings. The second-order valence-electron chi connectivity index (χ2n) is 13.0. The number of hydrogen-bond donors (Lipinski definition) is 0. The summed E-state index contributed by atoms with van der Waals surface area (Å²) in [6, 6.07) is 41.9. The maximum atomic E-state index is 13.3. The monoisotopic (exact) mass is 607 g/mol. The molecule has 46 heavy (non-hydrogen) atoms. The number of pyridine rings is 1. The Kier molecular flexibility index (Phi) is 8.70. The van der Waals surface area contributed by atoms with Gasteiger partial charge in [-0.15, -0.1) is 0 Å². The van der Waals surface area contributed by atoms with Crippen LogP contribution in [0.3, 0.4) is 0 Å². The molecule has 232 valence electrons. The SMILES string of the molecule is CC(C)c1cnccc1CN1CN(c2ccc(C(c3ccccc3)(c3ccccc3)c3ccccc3)cc2)C(C(=O)C=O)C1(C)C. The maximum Gasteiger partial charge on any atom is 0.219 e. The van der Waals surface area contributed by atoms with Crippen molar-refractivity contribution < 1.29 is 9.59 Å². The van der Waals surface area contributed by atoms with Crippen LogP contribution in [-0.4, -0.2) is 40.2 Å². The van der Waals surface area contributed by atoms with E-state index in [4.69, 9.17) is 0 Å². The molecule has 0 aliphatic carbocycles. The third-order valence-corrected chi connectivity index (χ3v) is 9.69. The van der Waals surface area contributed by atoms with Crippen LogP contribution in [0.1, 0.15) is 67.0 Å². The molecule has 1 unspecified atom stereocenters. The van der Waals surface area contributed by atoms with Crippen molar-refractivity contribution in [1.29, 1.82) is 0 Å². The van der Waals surface area contributed by atoms with Crippen molar-refractivity contribution in [2.45, 2.75) is 57.2 Å². The van der Waals surface area contributed by atoms with Gasteiger partial charge < -0.3 is 4.90 Å². The van der Waals surface area contributed by atoms with Gasteiger partial charge in [0.1, 0.15) is 6.04 Å². The molecule has 0 saturated carbocycles. The highest BCUT2D eigenvalue weighted by Crippen LogP contribution is 2.46. The fourth-order valence-corrected chi connectivity index (χ4v) is 7.33. The molecular formula is C41H41N3O2. The normalized spacial score (nSPS) is 16.5. The van der Waals surface area contributed by atoms with Gasteiger partial charge >= 0.3 is 0 Å². The molecule has 1 saturated heterocycles. The van der Waals surface area contributed by atoms with Crippen molar-refractivity contribution in [3.63, 3.8) is 0 Å². The lowest BCUT2D eigenvalue weighted by Crippen LogP contribution is -2.51. The lowest BCUT2D eigenvalue weighted by Gasteiger charge is -2.37. The highest BCUT2D eigenvalue weighted by Gasteiger charge is 2.50. The maximum absolute atomic E-state index is 13.3. The van der Waals surface area contributed by atoms with Gasteiger partial charge in [-0.25, -0.2) is 0 Å². The van der Waals surface area contributed by atoms with Crippen LogP contribution in [0.2, 0.25) is 0 Å². The predicted octanol–water partition coefficient (Wildman–Crippen LogP) is 7.78. The summed E-state index contributed by atoms with van der Waals surface area (Å²) in [5, 5.41) is 0. The summed E-state index contributed by atoms with van der Waals surface area (Å²) in [6.45, 7) is 9.63. The van der Waals surface area contributed by atoms with Gasteiger partial charge in [-0.3, -0.25) is 19.5 Å². The van der Waals surface area contributed by atoms with Crippen LogP contribution in [0.5, 0.6) is 0 Å². The van der Waals surface area contributed by atoms with Crippen LogP contribution in [-0.2, 0) is 21.5 Å². The Balaban J connectivity index is 1.45. The number of aromatic nitrogens is 1. The standard InChI is InChI=1S/C41H41N3O2/c1-30(2)37-26-42-25-24-31(37)27-43-29-44(39(38(46)28-45)40(43,3)4)36-22-20-35(21-23-36)41(32-14-8-5-9-15-32,33-16-10-6-11-17-33)34-18-12-7-13-19-34/h5-26,28,30,39H,27,29H2,1-4H3. The first kappa shape index (κ1) is 31.1. The first-order chi connectivity index (χ1) is 22.3. The summed E-state index contributed by atoms with van der Waals surface area (Å²) in [4.78, 5) is 34.1. The third-order valence-electron chi connectivity index (χ3n) is 9.69. The van der Waals surface area contributed by atoms with Crippen molar-refractivity contribution >= 4 is 17.8 Å². The lowest BCUT2D eigenvalue weighted by atomic mass is 9.65. The molecule has 0 N–H and O–H groups in total. The Morgan fingerprint density at radius 1 is 0.804 bits per heavy atom. The average molecular weight is 608 g/mol. The number of nitrogens with zero attached hydrogens (tertiary/aromatic N) is 3. The average Bonchev–Trinajstić information content (AvgIpc) is 3.36. The predicted molar refractivity (Wildman–Crippen MR) is 185 cm³/mol. The number of carbonyl (C=O) groups excluding carboxylic acids is 2. The summed E-state index contributed by atoms with van der Waals surface area (Å²) in [5.41, 5.74) is 6.75.